The van der Waals surface area contributed by atoms with Crippen LogP contribution in [0.1, 0.15) is 17.4 Å². The van der Waals surface area contributed by atoms with Gasteiger partial charge >= 0.3 is 0 Å². The fraction of sp³-hybridized carbons (Fsp3) is 0.455. The number of likely N-dealkylation sites (N-methyl/N-ethyl adjacent to an activating group) is 1. The monoisotopic (exact) mass is 223 g/mol. The molecule has 5 heteroatoms. The van der Waals surface area contributed by atoms with Crippen molar-refractivity contribution in [2.45, 2.75) is 6.92 Å². The first-order chi connectivity index (χ1) is 7.69. The second kappa shape index (κ2) is 6.07. The van der Waals surface area contributed by atoms with Crippen LogP contribution in [0.15, 0.2) is 18.3 Å². The molecule has 0 aliphatic carbocycles. The van der Waals surface area contributed by atoms with Gasteiger partial charge in [-0.1, -0.05) is 0 Å². The minimum atomic E-state index is -0.0976. The standard InChI is InChI=1S/C11H17N3O2/c1-3-14(6-7-16-2)11(15)10-5-4-9(12)8-13-10/h4-5,8H,3,6-7,12H2,1-2H3. The molecule has 1 amide bonds. The summed E-state index contributed by atoms with van der Waals surface area (Å²) in [4.78, 5) is 17.6. The van der Waals surface area contributed by atoms with E-state index < -0.39 is 0 Å². The van der Waals surface area contributed by atoms with E-state index in [9.17, 15) is 4.79 Å². The van der Waals surface area contributed by atoms with Gasteiger partial charge in [-0.05, 0) is 19.1 Å². The maximum absolute atomic E-state index is 12.0. The van der Waals surface area contributed by atoms with Crippen molar-refractivity contribution in [1.82, 2.24) is 9.88 Å². The van der Waals surface area contributed by atoms with Crippen LogP contribution >= 0.6 is 0 Å². The lowest BCUT2D eigenvalue weighted by Crippen LogP contribution is -2.34. The summed E-state index contributed by atoms with van der Waals surface area (Å²) in [5.41, 5.74) is 6.47. The third-order valence-electron chi connectivity index (χ3n) is 2.24. The molecule has 1 heterocycles. The minimum Gasteiger partial charge on any atom is -0.397 e. The fourth-order valence-corrected chi connectivity index (χ4v) is 1.30. The molecule has 0 aromatic carbocycles. The minimum absolute atomic E-state index is 0.0976. The molecule has 0 atom stereocenters. The van der Waals surface area contributed by atoms with Crippen molar-refractivity contribution in [2.24, 2.45) is 0 Å². The summed E-state index contributed by atoms with van der Waals surface area (Å²) in [6, 6.07) is 3.30. The summed E-state index contributed by atoms with van der Waals surface area (Å²) in [7, 11) is 1.61. The molecule has 0 unspecified atom stereocenters. The van der Waals surface area contributed by atoms with Crippen molar-refractivity contribution < 1.29 is 9.53 Å². The normalized spacial score (nSPS) is 10.1. The fourth-order valence-electron chi connectivity index (χ4n) is 1.30. The highest BCUT2D eigenvalue weighted by Gasteiger charge is 2.14. The van der Waals surface area contributed by atoms with Gasteiger partial charge in [-0.3, -0.25) is 4.79 Å². The highest BCUT2D eigenvalue weighted by Crippen LogP contribution is 2.04. The quantitative estimate of drug-likeness (QED) is 0.800. The van der Waals surface area contributed by atoms with Crippen LogP contribution in [0.2, 0.25) is 0 Å². The number of anilines is 1. The first kappa shape index (κ1) is 12.4. The van der Waals surface area contributed by atoms with E-state index in [4.69, 9.17) is 10.5 Å². The number of pyridine rings is 1. The number of hydrogen-bond donors (Lipinski definition) is 1. The first-order valence-electron chi connectivity index (χ1n) is 5.18. The Kier molecular flexibility index (Phi) is 4.72. The molecule has 0 aliphatic heterocycles. The Bertz CT molecular complexity index is 338. The largest absolute Gasteiger partial charge is 0.397 e. The molecule has 16 heavy (non-hydrogen) atoms. The molecule has 5 nitrogen and oxygen atoms in total. The third kappa shape index (κ3) is 3.20. The Morgan fingerprint density at radius 3 is 2.81 bits per heavy atom. The van der Waals surface area contributed by atoms with E-state index in [-0.39, 0.29) is 5.91 Å². The van der Waals surface area contributed by atoms with Gasteiger partial charge in [0.2, 0.25) is 0 Å². The van der Waals surface area contributed by atoms with Crippen molar-refractivity contribution in [2.75, 3.05) is 32.5 Å². The van der Waals surface area contributed by atoms with Crippen LogP contribution < -0.4 is 5.73 Å². The van der Waals surface area contributed by atoms with Crippen molar-refractivity contribution >= 4 is 11.6 Å². The van der Waals surface area contributed by atoms with Gasteiger partial charge in [-0.25, -0.2) is 4.98 Å². The lowest BCUT2D eigenvalue weighted by molar-refractivity contribution is 0.0701. The van der Waals surface area contributed by atoms with Gasteiger partial charge in [0, 0.05) is 20.2 Å². The van der Waals surface area contributed by atoms with Crippen molar-refractivity contribution in [1.29, 1.82) is 0 Å². The van der Waals surface area contributed by atoms with Gasteiger partial charge in [-0.15, -0.1) is 0 Å². The zero-order valence-electron chi connectivity index (χ0n) is 9.64. The summed E-state index contributed by atoms with van der Waals surface area (Å²) in [5.74, 6) is -0.0976. The number of nitrogens with zero attached hydrogens (tertiary/aromatic N) is 2. The van der Waals surface area contributed by atoms with Crippen LogP contribution in [-0.4, -0.2) is 42.6 Å². The smallest absolute Gasteiger partial charge is 0.272 e. The Morgan fingerprint density at radius 2 is 2.31 bits per heavy atom. The Balaban J connectivity index is 2.70. The summed E-state index contributed by atoms with van der Waals surface area (Å²) in [6.45, 7) is 3.64. The van der Waals surface area contributed by atoms with E-state index in [1.807, 2.05) is 6.92 Å². The van der Waals surface area contributed by atoms with E-state index in [0.29, 0.717) is 31.1 Å². The predicted molar refractivity (Wildman–Crippen MR) is 62.1 cm³/mol. The average molecular weight is 223 g/mol. The van der Waals surface area contributed by atoms with Gasteiger partial charge in [0.1, 0.15) is 5.69 Å². The maximum Gasteiger partial charge on any atom is 0.272 e. The molecule has 88 valence electrons. The van der Waals surface area contributed by atoms with E-state index >= 15 is 0 Å². The zero-order valence-corrected chi connectivity index (χ0v) is 9.64. The van der Waals surface area contributed by atoms with Gasteiger partial charge in [0.25, 0.3) is 5.91 Å². The van der Waals surface area contributed by atoms with Crippen LogP contribution in [0, 0.1) is 0 Å². The van der Waals surface area contributed by atoms with Crippen LogP contribution in [0.5, 0.6) is 0 Å². The average Bonchev–Trinajstić information content (AvgIpc) is 2.30. The number of methoxy groups -OCH3 is 1. The molecule has 0 aliphatic rings. The van der Waals surface area contributed by atoms with Crippen molar-refractivity contribution in [3.05, 3.63) is 24.0 Å². The summed E-state index contributed by atoms with van der Waals surface area (Å²) in [6.07, 6.45) is 1.48. The highest BCUT2D eigenvalue weighted by atomic mass is 16.5. The molecule has 0 saturated carbocycles. The van der Waals surface area contributed by atoms with Gasteiger partial charge in [0.05, 0.1) is 18.5 Å². The number of nitrogens with two attached hydrogens (primary N) is 1. The van der Waals surface area contributed by atoms with Crippen LogP contribution in [0.3, 0.4) is 0 Å². The lowest BCUT2D eigenvalue weighted by atomic mass is 10.3. The van der Waals surface area contributed by atoms with Crippen LogP contribution in [-0.2, 0) is 4.74 Å². The number of ether oxygens (including phenoxy) is 1. The van der Waals surface area contributed by atoms with E-state index in [2.05, 4.69) is 4.98 Å². The summed E-state index contributed by atoms with van der Waals surface area (Å²) < 4.78 is 4.95. The zero-order chi connectivity index (χ0) is 12.0. The number of aromatic nitrogens is 1. The second-order valence-electron chi connectivity index (χ2n) is 3.35. The molecule has 0 fully saturated rings. The van der Waals surface area contributed by atoms with E-state index in [0.717, 1.165) is 0 Å². The molecule has 1 aromatic rings. The number of carbonyl (C=O) groups is 1. The SMILES string of the molecule is CCN(CCOC)C(=O)c1ccc(N)cn1. The molecule has 1 aromatic heterocycles. The lowest BCUT2D eigenvalue weighted by Gasteiger charge is -2.19. The van der Waals surface area contributed by atoms with Crippen molar-refractivity contribution in [3.63, 3.8) is 0 Å². The Hall–Kier alpha value is -1.62. The highest BCUT2D eigenvalue weighted by molar-refractivity contribution is 5.92. The van der Waals surface area contributed by atoms with Gasteiger partial charge in [-0.2, -0.15) is 0 Å². The predicted octanol–water partition coefficient (Wildman–Crippen LogP) is 0.772. The number of carbonyl (C=O) groups excluding carboxylic acids is 1. The molecule has 0 radical (unpaired) electrons. The Morgan fingerprint density at radius 1 is 1.56 bits per heavy atom. The molecule has 0 saturated heterocycles. The molecule has 0 bridgehead atoms. The topological polar surface area (TPSA) is 68.5 Å². The number of rotatable bonds is 5. The molecular formula is C11H17N3O2. The van der Waals surface area contributed by atoms with Crippen LogP contribution in [0.25, 0.3) is 0 Å². The van der Waals surface area contributed by atoms with Gasteiger partial charge in [0.15, 0.2) is 0 Å². The molecular weight excluding hydrogens is 206 g/mol. The first-order valence-corrected chi connectivity index (χ1v) is 5.18. The number of hydrogen-bond acceptors (Lipinski definition) is 4. The maximum atomic E-state index is 12.0. The van der Waals surface area contributed by atoms with E-state index in [1.165, 1.54) is 6.20 Å². The number of nitrogen functional groups attached to an aromatic ring is 1. The summed E-state index contributed by atoms with van der Waals surface area (Å²) >= 11 is 0. The number of amides is 1. The molecule has 1 rings (SSSR count). The van der Waals surface area contributed by atoms with Crippen molar-refractivity contribution in [3.8, 4) is 0 Å². The van der Waals surface area contributed by atoms with Crippen LogP contribution in [0.4, 0.5) is 5.69 Å². The second-order valence-corrected chi connectivity index (χ2v) is 3.35. The Labute approximate surface area is 95.2 Å². The van der Waals surface area contributed by atoms with Gasteiger partial charge < -0.3 is 15.4 Å². The molecule has 2 N–H and O–H groups in total. The third-order valence-corrected chi connectivity index (χ3v) is 2.24. The summed E-state index contributed by atoms with van der Waals surface area (Å²) in [5, 5.41) is 0. The van der Waals surface area contributed by atoms with E-state index in [1.54, 1.807) is 24.1 Å². The molecule has 0 spiro atoms.